The van der Waals surface area contributed by atoms with E-state index in [9.17, 15) is 9.59 Å². The quantitative estimate of drug-likeness (QED) is 0.792. The molecule has 0 atom stereocenters. The number of nitrogens with zero attached hydrogens (tertiary/aromatic N) is 2. The third-order valence-corrected chi connectivity index (χ3v) is 3.15. The third kappa shape index (κ3) is 3.52. The van der Waals surface area contributed by atoms with Crippen molar-refractivity contribution in [1.29, 1.82) is 0 Å². The van der Waals surface area contributed by atoms with E-state index in [4.69, 9.17) is 9.26 Å². The number of aromatic nitrogens is 1. The van der Waals surface area contributed by atoms with Gasteiger partial charge in [0.15, 0.2) is 5.76 Å². The normalized spacial score (nSPS) is 10.3. The van der Waals surface area contributed by atoms with Crippen molar-refractivity contribution in [3.05, 3.63) is 41.6 Å². The molecule has 0 radical (unpaired) electrons. The first kappa shape index (κ1) is 15.8. The number of carbonyl (C=O) groups is 2. The Morgan fingerprint density at radius 1 is 1.23 bits per heavy atom. The van der Waals surface area contributed by atoms with Crippen molar-refractivity contribution in [3.63, 3.8) is 0 Å². The van der Waals surface area contributed by atoms with E-state index in [1.807, 2.05) is 30.3 Å². The number of hydrogen-bond donors (Lipinski definition) is 0. The number of ether oxygens (including phenoxy) is 1. The number of benzene rings is 1. The number of carbonyl (C=O) groups excluding carboxylic acids is 2. The van der Waals surface area contributed by atoms with Crippen LogP contribution in [0, 0.1) is 6.92 Å². The van der Waals surface area contributed by atoms with E-state index in [2.05, 4.69) is 5.16 Å². The maximum Gasteiger partial charge on any atom is 0.344 e. The van der Waals surface area contributed by atoms with Crippen LogP contribution in [0.25, 0.3) is 11.3 Å². The number of rotatable bonds is 5. The van der Waals surface area contributed by atoms with Crippen molar-refractivity contribution in [3.8, 4) is 11.3 Å². The number of esters is 1. The van der Waals surface area contributed by atoms with Crippen molar-refractivity contribution < 1.29 is 18.8 Å². The van der Waals surface area contributed by atoms with Gasteiger partial charge in [-0.25, -0.2) is 4.79 Å². The molecule has 6 heteroatoms. The van der Waals surface area contributed by atoms with E-state index < -0.39 is 5.97 Å². The van der Waals surface area contributed by atoms with Gasteiger partial charge in [0.2, 0.25) is 5.91 Å². The Bertz CT molecular complexity index is 662. The van der Waals surface area contributed by atoms with Crippen LogP contribution in [-0.4, -0.2) is 42.6 Å². The van der Waals surface area contributed by atoms with E-state index in [0.29, 0.717) is 17.0 Å². The second-order valence-electron chi connectivity index (χ2n) is 5.01. The molecule has 0 aliphatic carbocycles. The van der Waals surface area contributed by atoms with Crippen LogP contribution in [0.15, 0.2) is 34.9 Å². The van der Waals surface area contributed by atoms with Crippen molar-refractivity contribution in [2.75, 3.05) is 20.7 Å². The fourth-order valence-electron chi connectivity index (χ4n) is 1.92. The lowest BCUT2D eigenvalue weighted by Crippen LogP contribution is -2.23. The molecule has 0 N–H and O–H groups in total. The molecule has 0 saturated carbocycles. The van der Waals surface area contributed by atoms with Crippen LogP contribution in [0.5, 0.6) is 0 Å². The molecule has 116 valence electrons. The Hall–Kier alpha value is -2.63. The number of hydrogen-bond acceptors (Lipinski definition) is 5. The van der Waals surface area contributed by atoms with Gasteiger partial charge in [-0.2, -0.15) is 0 Å². The van der Waals surface area contributed by atoms with Gasteiger partial charge < -0.3 is 14.2 Å². The summed E-state index contributed by atoms with van der Waals surface area (Å²) in [6.45, 7) is 1.70. The maximum absolute atomic E-state index is 12.2. The number of amides is 1. The topological polar surface area (TPSA) is 72.6 Å². The average molecular weight is 302 g/mol. The minimum Gasteiger partial charge on any atom is -0.461 e. The molecule has 0 aliphatic heterocycles. The van der Waals surface area contributed by atoms with Crippen molar-refractivity contribution >= 4 is 11.9 Å². The highest BCUT2D eigenvalue weighted by atomic mass is 16.5. The van der Waals surface area contributed by atoms with Gasteiger partial charge in [-0.15, -0.1) is 0 Å². The summed E-state index contributed by atoms with van der Waals surface area (Å²) in [6, 6.07) is 9.21. The molecule has 1 heterocycles. The van der Waals surface area contributed by atoms with Crippen molar-refractivity contribution in [2.24, 2.45) is 0 Å². The van der Waals surface area contributed by atoms with Crippen LogP contribution in [0.1, 0.15) is 22.5 Å². The molecule has 2 aromatic rings. The van der Waals surface area contributed by atoms with E-state index in [0.717, 1.165) is 5.56 Å². The Morgan fingerprint density at radius 2 is 1.91 bits per heavy atom. The van der Waals surface area contributed by atoms with Gasteiger partial charge in [0, 0.05) is 19.7 Å². The Kier molecular flexibility index (Phi) is 4.93. The molecule has 0 bridgehead atoms. The molecule has 1 aromatic heterocycles. The van der Waals surface area contributed by atoms with Gasteiger partial charge in [0.25, 0.3) is 0 Å². The standard InChI is InChI=1S/C16H18N2O4/c1-11-14(16(20)21-10-9-13(19)18(2)3)15(22-17-11)12-7-5-4-6-8-12/h4-8H,9-10H2,1-3H3. The first-order valence-corrected chi connectivity index (χ1v) is 6.89. The van der Waals surface area contributed by atoms with Gasteiger partial charge in [-0.3, -0.25) is 4.79 Å². The molecule has 0 unspecified atom stereocenters. The molecule has 6 nitrogen and oxygen atoms in total. The zero-order chi connectivity index (χ0) is 16.1. The largest absolute Gasteiger partial charge is 0.461 e. The zero-order valence-corrected chi connectivity index (χ0v) is 12.8. The molecule has 0 fully saturated rings. The van der Waals surface area contributed by atoms with Gasteiger partial charge in [0.1, 0.15) is 12.2 Å². The number of aryl methyl sites for hydroxylation is 1. The highest BCUT2D eigenvalue weighted by molar-refractivity contribution is 5.96. The van der Waals surface area contributed by atoms with E-state index in [1.165, 1.54) is 4.90 Å². The lowest BCUT2D eigenvalue weighted by molar-refractivity contribution is -0.129. The first-order valence-electron chi connectivity index (χ1n) is 6.89. The summed E-state index contributed by atoms with van der Waals surface area (Å²) < 4.78 is 10.4. The minimum atomic E-state index is -0.538. The Balaban J connectivity index is 2.10. The lowest BCUT2D eigenvalue weighted by atomic mass is 10.1. The van der Waals surface area contributed by atoms with Crippen LogP contribution in [-0.2, 0) is 9.53 Å². The van der Waals surface area contributed by atoms with E-state index in [1.54, 1.807) is 21.0 Å². The Morgan fingerprint density at radius 3 is 2.55 bits per heavy atom. The molecular formula is C16H18N2O4. The van der Waals surface area contributed by atoms with Gasteiger partial charge >= 0.3 is 5.97 Å². The fraction of sp³-hybridized carbons (Fsp3) is 0.312. The van der Waals surface area contributed by atoms with Gasteiger partial charge in [-0.1, -0.05) is 35.5 Å². The molecule has 0 saturated heterocycles. The minimum absolute atomic E-state index is 0.0225. The molecule has 0 aliphatic rings. The summed E-state index contributed by atoms with van der Waals surface area (Å²) in [7, 11) is 3.31. The monoisotopic (exact) mass is 302 g/mol. The van der Waals surface area contributed by atoms with Crippen LogP contribution < -0.4 is 0 Å². The third-order valence-electron chi connectivity index (χ3n) is 3.15. The zero-order valence-electron chi connectivity index (χ0n) is 12.8. The summed E-state index contributed by atoms with van der Waals surface area (Å²) in [6.07, 6.45) is 0.143. The smallest absolute Gasteiger partial charge is 0.344 e. The van der Waals surface area contributed by atoms with Crippen LogP contribution in [0.2, 0.25) is 0 Å². The van der Waals surface area contributed by atoms with Crippen LogP contribution in [0.4, 0.5) is 0 Å². The first-order chi connectivity index (χ1) is 10.5. The Labute approximate surface area is 128 Å². The summed E-state index contributed by atoms with van der Waals surface area (Å²) in [5.74, 6) is -0.260. The second-order valence-corrected chi connectivity index (χ2v) is 5.01. The van der Waals surface area contributed by atoms with Crippen LogP contribution >= 0.6 is 0 Å². The van der Waals surface area contributed by atoms with Crippen molar-refractivity contribution in [1.82, 2.24) is 10.1 Å². The fourth-order valence-corrected chi connectivity index (χ4v) is 1.92. The van der Waals surface area contributed by atoms with E-state index in [-0.39, 0.29) is 18.9 Å². The average Bonchev–Trinajstić information content (AvgIpc) is 2.89. The molecule has 2 rings (SSSR count). The molecule has 1 amide bonds. The van der Waals surface area contributed by atoms with Gasteiger partial charge in [-0.05, 0) is 6.92 Å². The summed E-state index contributed by atoms with van der Waals surface area (Å²) >= 11 is 0. The molecular weight excluding hydrogens is 284 g/mol. The van der Waals surface area contributed by atoms with Gasteiger partial charge in [0.05, 0.1) is 12.1 Å². The summed E-state index contributed by atoms with van der Waals surface area (Å²) in [4.78, 5) is 25.1. The molecule has 1 aromatic carbocycles. The van der Waals surface area contributed by atoms with Crippen LogP contribution in [0.3, 0.4) is 0 Å². The lowest BCUT2D eigenvalue weighted by Gasteiger charge is -2.10. The van der Waals surface area contributed by atoms with Crippen molar-refractivity contribution in [2.45, 2.75) is 13.3 Å². The predicted molar refractivity (Wildman–Crippen MR) is 80.3 cm³/mol. The molecule has 0 spiro atoms. The van der Waals surface area contributed by atoms with E-state index >= 15 is 0 Å². The summed E-state index contributed by atoms with van der Waals surface area (Å²) in [5.41, 5.74) is 1.51. The predicted octanol–water partition coefficient (Wildman–Crippen LogP) is 2.29. The summed E-state index contributed by atoms with van der Waals surface area (Å²) in [5, 5.41) is 3.83. The molecule has 22 heavy (non-hydrogen) atoms. The SMILES string of the molecule is Cc1noc(-c2ccccc2)c1C(=O)OCCC(=O)N(C)C. The second kappa shape index (κ2) is 6.89. The highest BCUT2D eigenvalue weighted by Gasteiger charge is 2.23. The maximum atomic E-state index is 12.2. The highest BCUT2D eigenvalue weighted by Crippen LogP contribution is 2.26.